The van der Waals surface area contributed by atoms with Gasteiger partial charge in [0.15, 0.2) is 5.17 Å². The van der Waals surface area contributed by atoms with Crippen LogP contribution in [0.5, 0.6) is 0 Å². The average Bonchev–Trinajstić information content (AvgIpc) is 3.11. The van der Waals surface area contributed by atoms with Crippen LogP contribution < -0.4 is 0 Å². The van der Waals surface area contributed by atoms with E-state index in [0.717, 1.165) is 17.4 Å². The number of rotatable bonds is 3. The number of pyridine rings is 1. The Morgan fingerprint density at radius 3 is 2.79 bits per heavy atom. The van der Waals surface area contributed by atoms with Gasteiger partial charge in [-0.2, -0.15) is 0 Å². The number of fused-ring (bicyclic) bond motifs is 1. The molecule has 0 spiro atoms. The first-order valence-electron chi connectivity index (χ1n) is 7.80. The summed E-state index contributed by atoms with van der Waals surface area (Å²) in [6.07, 6.45) is 1.74. The summed E-state index contributed by atoms with van der Waals surface area (Å²) in [6.45, 7) is 2.99. The third-order valence-electron chi connectivity index (χ3n) is 4.33. The van der Waals surface area contributed by atoms with Crippen molar-refractivity contribution in [1.82, 2.24) is 9.88 Å². The highest BCUT2D eigenvalue weighted by Gasteiger charge is 2.45. The highest BCUT2D eigenvalue weighted by atomic mass is 32.2. The van der Waals surface area contributed by atoms with Crippen molar-refractivity contribution in [3.05, 3.63) is 70.0 Å². The van der Waals surface area contributed by atoms with Gasteiger partial charge in [-0.15, -0.1) is 0 Å². The quantitative estimate of drug-likeness (QED) is 0.631. The molecule has 24 heavy (non-hydrogen) atoms. The molecule has 1 aromatic heterocycles. The first kappa shape index (κ1) is 15.1. The summed E-state index contributed by atoms with van der Waals surface area (Å²) in [4.78, 5) is 22.7. The van der Waals surface area contributed by atoms with Gasteiger partial charge in [0.05, 0.1) is 22.2 Å². The van der Waals surface area contributed by atoms with E-state index in [9.17, 15) is 10.1 Å². The molecule has 0 unspecified atom stereocenters. The fraction of sp³-hybridized carbons (Fsp3) is 0.294. The molecule has 3 atom stereocenters. The Bertz CT molecular complexity index is 811. The van der Waals surface area contributed by atoms with E-state index in [1.165, 1.54) is 0 Å². The number of aliphatic imine (C=N–C) groups is 1. The lowest BCUT2D eigenvalue weighted by atomic mass is 9.95. The molecule has 6 nitrogen and oxygen atoms in total. The van der Waals surface area contributed by atoms with Crippen molar-refractivity contribution in [3.63, 3.8) is 0 Å². The molecule has 4 rings (SSSR count). The van der Waals surface area contributed by atoms with Gasteiger partial charge in [0.1, 0.15) is 6.04 Å². The predicted octanol–water partition coefficient (Wildman–Crippen LogP) is 3.58. The smallest absolute Gasteiger partial charge is 0.274 e. The number of nitro groups is 1. The van der Waals surface area contributed by atoms with Crippen molar-refractivity contribution in [2.75, 3.05) is 6.54 Å². The number of nitrogens with zero attached hydrogens (tertiary/aromatic N) is 4. The van der Waals surface area contributed by atoms with Gasteiger partial charge in [0, 0.05) is 24.1 Å². The summed E-state index contributed by atoms with van der Waals surface area (Å²) in [5.74, 6) is 0. The van der Waals surface area contributed by atoms with Crippen LogP contribution in [0.25, 0.3) is 0 Å². The van der Waals surface area contributed by atoms with Crippen LogP contribution in [0, 0.1) is 10.1 Å². The highest BCUT2D eigenvalue weighted by Crippen LogP contribution is 2.49. The zero-order valence-corrected chi connectivity index (χ0v) is 13.9. The Hall–Kier alpha value is -2.41. The van der Waals surface area contributed by atoms with Crippen LogP contribution in [-0.4, -0.2) is 31.8 Å². The lowest BCUT2D eigenvalue weighted by Gasteiger charge is -2.27. The standard InChI is InChI=1S/C17H16N4O2S/c1-11-10-20-16(12-6-2-3-8-14(12)21(22)23)15(19-17(20)24-11)13-7-4-5-9-18-13/h2-9,11,15-16H,10H2,1H3/t11-,15-,16-/m1/s1. The van der Waals surface area contributed by atoms with Crippen molar-refractivity contribution in [1.29, 1.82) is 0 Å². The van der Waals surface area contributed by atoms with E-state index in [2.05, 4.69) is 16.8 Å². The molecule has 122 valence electrons. The SMILES string of the molecule is C[C@@H]1CN2C(=N[C@H](c3ccccn3)[C@H]2c2ccccc2[N+](=O)[O-])S1. The molecular weight excluding hydrogens is 324 g/mol. The molecule has 0 N–H and O–H groups in total. The molecule has 2 aliphatic rings. The predicted molar refractivity (Wildman–Crippen MR) is 94.0 cm³/mol. The molecule has 0 radical (unpaired) electrons. The van der Waals surface area contributed by atoms with E-state index in [0.29, 0.717) is 10.8 Å². The second-order valence-electron chi connectivity index (χ2n) is 5.95. The van der Waals surface area contributed by atoms with E-state index < -0.39 is 0 Å². The molecule has 0 amide bonds. The minimum atomic E-state index is -0.310. The second kappa shape index (κ2) is 5.90. The molecule has 0 saturated carbocycles. The lowest BCUT2D eigenvalue weighted by molar-refractivity contribution is -0.386. The summed E-state index contributed by atoms with van der Waals surface area (Å²) < 4.78 is 0. The van der Waals surface area contributed by atoms with Crippen molar-refractivity contribution < 1.29 is 4.92 Å². The maximum Gasteiger partial charge on any atom is 0.274 e. The van der Waals surface area contributed by atoms with E-state index in [1.54, 1.807) is 30.1 Å². The van der Waals surface area contributed by atoms with Gasteiger partial charge in [0.2, 0.25) is 0 Å². The topological polar surface area (TPSA) is 71.6 Å². The van der Waals surface area contributed by atoms with Gasteiger partial charge in [-0.1, -0.05) is 36.9 Å². The van der Waals surface area contributed by atoms with Crippen LogP contribution in [0.15, 0.2) is 53.7 Å². The van der Waals surface area contributed by atoms with Gasteiger partial charge in [-0.3, -0.25) is 20.1 Å². The number of hydrogen-bond acceptors (Lipinski definition) is 6. The van der Waals surface area contributed by atoms with Crippen molar-refractivity contribution in [2.24, 2.45) is 4.99 Å². The molecule has 2 aromatic rings. The molecule has 1 fully saturated rings. The second-order valence-corrected chi connectivity index (χ2v) is 7.36. The summed E-state index contributed by atoms with van der Waals surface area (Å²) in [7, 11) is 0. The Balaban J connectivity index is 1.83. The molecule has 1 saturated heterocycles. The summed E-state index contributed by atoms with van der Waals surface area (Å²) in [6, 6.07) is 12.3. The minimum absolute atomic E-state index is 0.143. The first-order valence-corrected chi connectivity index (χ1v) is 8.68. The zero-order valence-electron chi connectivity index (χ0n) is 13.1. The van der Waals surface area contributed by atoms with Crippen LogP contribution in [0.4, 0.5) is 5.69 Å². The Morgan fingerprint density at radius 2 is 2.04 bits per heavy atom. The molecule has 7 heteroatoms. The molecule has 2 aliphatic heterocycles. The van der Waals surface area contributed by atoms with Gasteiger partial charge in [-0.05, 0) is 18.2 Å². The number of hydrogen-bond donors (Lipinski definition) is 0. The fourth-order valence-corrected chi connectivity index (χ4v) is 4.45. The van der Waals surface area contributed by atoms with Gasteiger partial charge < -0.3 is 4.90 Å². The Labute approximate surface area is 143 Å². The maximum absolute atomic E-state index is 11.5. The summed E-state index contributed by atoms with van der Waals surface area (Å²) in [5, 5.41) is 12.9. The lowest BCUT2D eigenvalue weighted by Crippen LogP contribution is -2.29. The van der Waals surface area contributed by atoms with Crippen LogP contribution in [0.2, 0.25) is 0 Å². The zero-order chi connectivity index (χ0) is 16.7. The van der Waals surface area contributed by atoms with Crippen molar-refractivity contribution in [3.8, 4) is 0 Å². The van der Waals surface area contributed by atoms with E-state index >= 15 is 0 Å². The van der Waals surface area contributed by atoms with E-state index in [-0.39, 0.29) is 22.7 Å². The number of nitro benzene ring substituents is 1. The van der Waals surface area contributed by atoms with Crippen LogP contribution in [0.1, 0.15) is 30.3 Å². The number of aromatic nitrogens is 1. The summed E-state index contributed by atoms with van der Waals surface area (Å²) in [5.41, 5.74) is 1.69. The van der Waals surface area contributed by atoms with Crippen LogP contribution in [0.3, 0.4) is 0 Å². The van der Waals surface area contributed by atoms with E-state index in [1.807, 2.05) is 30.3 Å². The van der Waals surface area contributed by atoms with Crippen molar-refractivity contribution >= 4 is 22.6 Å². The molecule has 0 bridgehead atoms. The van der Waals surface area contributed by atoms with Gasteiger partial charge in [0.25, 0.3) is 5.69 Å². The largest absolute Gasteiger partial charge is 0.340 e. The van der Waals surface area contributed by atoms with Crippen LogP contribution >= 0.6 is 11.8 Å². The maximum atomic E-state index is 11.5. The third kappa shape index (κ3) is 2.45. The normalized spacial score (nSPS) is 25.5. The Kier molecular flexibility index (Phi) is 3.72. The highest BCUT2D eigenvalue weighted by molar-refractivity contribution is 8.14. The number of benzene rings is 1. The number of amidine groups is 1. The van der Waals surface area contributed by atoms with Gasteiger partial charge in [-0.25, -0.2) is 0 Å². The number of thioether (sulfide) groups is 1. The molecular formula is C17H16N4O2S. The Morgan fingerprint density at radius 1 is 1.25 bits per heavy atom. The fourth-order valence-electron chi connectivity index (χ4n) is 3.36. The third-order valence-corrected chi connectivity index (χ3v) is 5.44. The van der Waals surface area contributed by atoms with Crippen LogP contribution in [-0.2, 0) is 0 Å². The molecule has 0 aliphatic carbocycles. The number of para-hydroxylation sites is 1. The van der Waals surface area contributed by atoms with Crippen molar-refractivity contribution in [2.45, 2.75) is 24.3 Å². The monoisotopic (exact) mass is 340 g/mol. The average molecular weight is 340 g/mol. The van der Waals surface area contributed by atoms with E-state index in [4.69, 9.17) is 4.99 Å². The minimum Gasteiger partial charge on any atom is -0.340 e. The van der Waals surface area contributed by atoms with Gasteiger partial charge >= 0.3 is 0 Å². The summed E-state index contributed by atoms with van der Waals surface area (Å²) >= 11 is 1.73. The molecule has 3 heterocycles. The first-order chi connectivity index (χ1) is 11.6. The molecule has 1 aromatic carbocycles.